The minimum atomic E-state index is -2.57. The third-order valence-electron chi connectivity index (χ3n) is 9.45. The molecular weight excluding hydrogens is 583 g/mol. The van der Waals surface area contributed by atoms with Crippen LogP contribution in [0.3, 0.4) is 0 Å². The van der Waals surface area contributed by atoms with Crippen molar-refractivity contribution in [2.24, 2.45) is 11.8 Å². The first-order valence-corrected chi connectivity index (χ1v) is 19.5. The summed E-state index contributed by atoms with van der Waals surface area (Å²) < 4.78 is 2.47. The molecule has 2 nitrogen and oxygen atoms in total. The molecule has 0 bridgehead atoms. The number of benzene rings is 5. The summed E-state index contributed by atoms with van der Waals surface area (Å²) in [5.74, 6) is 1.47. The van der Waals surface area contributed by atoms with Gasteiger partial charge in [-0.2, -0.15) is 0 Å². The largest absolute Gasteiger partial charge is 0.345 e. The van der Waals surface area contributed by atoms with Crippen LogP contribution < -0.4 is 21.3 Å². The summed E-state index contributed by atoms with van der Waals surface area (Å²) in [6.07, 6.45) is 7.29. The van der Waals surface area contributed by atoms with Crippen LogP contribution in [0.25, 0.3) is 0 Å². The van der Waals surface area contributed by atoms with E-state index < -0.39 is 8.07 Å². The Balaban J connectivity index is 1.48. The average molecular weight is 631 g/mol. The lowest BCUT2D eigenvalue weighted by atomic mass is 9.58. The van der Waals surface area contributed by atoms with E-state index in [-0.39, 0.29) is 5.82 Å². The van der Waals surface area contributed by atoms with Gasteiger partial charge in [-0.15, -0.1) is 0 Å². The Kier molecular flexibility index (Phi) is 10.4. The van der Waals surface area contributed by atoms with Crippen LogP contribution in [-0.2, 0) is 19.0 Å². The van der Waals surface area contributed by atoms with Crippen LogP contribution in [0.5, 0.6) is 0 Å². The molecule has 0 radical (unpaired) electrons. The normalized spacial score (nSPS) is 11.8. The van der Waals surface area contributed by atoms with Gasteiger partial charge in [0.25, 0.3) is 0 Å². The number of nitrogens with zero attached hydrogens (tertiary/aromatic N) is 2. The molecule has 1 heterocycles. The molecule has 0 aliphatic carbocycles. The molecule has 1 aromatic heterocycles. The van der Waals surface area contributed by atoms with Crippen LogP contribution >= 0.6 is 0 Å². The maximum Gasteiger partial charge on any atom is 0.217 e. The van der Waals surface area contributed by atoms with Crippen LogP contribution in [0, 0.1) is 11.8 Å². The van der Waals surface area contributed by atoms with Gasteiger partial charge in [0.1, 0.15) is 0 Å². The predicted molar refractivity (Wildman–Crippen MR) is 205 cm³/mol. The molecule has 0 aliphatic heterocycles. The maximum absolute atomic E-state index is 5.05. The summed E-state index contributed by atoms with van der Waals surface area (Å²) in [7, 11) is -1.74. The lowest BCUT2D eigenvalue weighted by Crippen LogP contribution is -2.70. The third-order valence-corrected chi connectivity index (χ3v) is 14.2. The van der Waals surface area contributed by atoms with E-state index in [0.29, 0.717) is 11.8 Å². The van der Waals surface area contributed by atoms with E-state index in [1.807, 2.05) is 6.20 Å². The Labute approximate surface area is 283 Å². The van der Waals surface area contributed by atoms with Crippen molar-refractivity contribution >= 4 is 36.6 Å². The number of aromatic nitrogens is 2. The molecule has 0 atom stereocenters. The van der Waals surface area contributed by atoms with Gasteiger partial charge in [-0.25, -0.2) is 0 Å². The van der Waals surface area contributed by atoms with Crippen LogP contribution in [0.2, 0.25) is 0 Å². The van der Waals surface area contributed by atoms with E-state index >= 15 is 0 Å². The first kappa shape index (κ1) is 32.5. The number of hydrogen-bond acceptors (Lipinski definition) is 1. The minimum Gasteiger partial charge on any atom is -0.345 e. The van der Waals surface area contributed by atoms with E-state index in [1.54, 1.807) is 0 Å². The standard InChI is InChI=1S/C43H47BN2Si/c1-33(2)30-35-20-24-40(25-21-35)47(39-18-12-7-13-19-39,41-26-22-36(23-27-41)31-34(3)4)32-46-29-28-45-43(46)44-42(37-14-8-5-9-15-37)38-16-10-6-11-17-38/h5-29,33-34,42,44H,30-32H2,1-4H3. The van der Waals surface area contributed by atoms with E-state index in [9.17, 15) is 0 Å². The van der Waals surface area contributed by atoms with Gasteiger partial charge in [-0.05, 0) is 68.3 Å². The number of hydrogen-bond donors (Lipinski definition) is 0. The molecule has 6 aromatic rings. The van der Waals surface area contributed by atoms with Crippen molar-refractivity contribution in [3.63, 3.8) is 0 Å². The Bertz CT molecular complexity index is 1720. The predicted octanol–water partition coefficient (Wildman–Crippen LogP) is 6.84. The number of imidazole rings is 1. The smallest absolute Gasteiger partial charge is 0.217 e. The molecule has 0 spiro atoms. The van der Waals surface area contributed by atoms with Crippen molar-refractivity contribution in [2.75, 3.05) is 0 Å². The highest BCUT2D eigenvalue weighted by molar-refractivity contribution is 7.10. The summed E-state index contributed by atoms with van der Waals surface area (Å²) >= 11 is 0. The van der Waals surface area contributed by atoms with Crippen molar-refractivity contribution in [3.8, 4) is 0 Å². The zero-order valence-electron chi connectivity index (χ0n) is 28.4. The van der Waals surface area contributed by atoms with Crippen LogP contribution in [0.15, 0.2) is 152 Å². The second-order valence-corrected chi connectivity index (χ2v) is 17.8. The van der Waals surface area contributed by atoms with Crippen molar-refractivity contribution in [3.05, 3.63) is 174 Å². The molecule has 0 aliphatic rings. The molecule has 5 aromatic carbocycles. The molecule has 6 rings (SSSR count). The molecular formula is C43H47BN2Si. The lowest BCUT2D eigenvalue weighted by Gasteiger charge is -2.35. The molecule has 0 fully saturated rings. The van der Waals surface area contributed by atoms with Gasteiger partial charge in [-0.1, -0.05) is 167 Å². The van der Waals surface area contributed by atoms with E-state index in [2.05, 4.69) is 178 Å². The Morgan fingerprint density at radius 2 is 0.979 bits per heavy atom. The van der Waals surface area contributed by atoms with Gasteiger partial charge in [0.2, 0.25) is 7.28 Å². The first-order valence-electron chi connectivity index (χ1n) is 17.3. The number of rotatable bonds is 13. The minimum absolute atomic E-state index is 0.219. The highest BCUT2D eigenvalue weighted by Gasteiger charge is 2.40. The van der Waals surface area contributed by atoms with Gasteiger partial charge in [-0.3, -0.25) is 4.98 Å². The first-order chi connectivity index (χ1) is 22.9. The highest BCUT2D eigenvalue weighted by Crippen LogP contribution is 2.23. The fraction of sp³-hybridized carbons (Fsp3) is 0.233. The van der Waals surface area contributed by atoms with Crippen molar-refractivity contribution in [1.82, 2.24) is 9.55 Å². The monoisotopic (exact) mass is 630 g/mol. The quantitative estimate of drug-likeness (QED) is 0.101. The summed E-state index contributed by atoms with van der Waals surface area (Å²) in [6.45, 7) is 9.20. The average Bonchev–Trinajstić information content (AvgIpc) is 3.54. The molecule has 4 heteroatoms. The summed E-state index contributed by atoms with van der Waals surface area (Å²) in [6, 6.07) is 52.4. The molecule has 236 valence electrons. The van der Waals surface area contributed by atoms with Crippen molar-refractivity contribution in [2.45, 2.75) is 52.5 Å². The topological polar surface area (TPSA) is 17.8 Å². The van der Waals surface area contributed by atoms with Crippen molar-refractivity contribution in [1.29, 1.82) is 0 Å². The van der Waals surface area contributed by atoms with Crippen LogP contribution in [0.4, 0.5) is 0 Å². The molecule has 0 saturated carbocycles. The van der Waals surface area contributed by atoms with Gasteiger partial charge >= 0.3 is 0 Å². The molecule has 0 N–H and O–H groups in total. The summed E-state index contributed by atoms with van der Waals surface area (Å²) in [5, 5.41) is 4.31. The van der Waals surface area contributed by atoms with Gasteiger partial charge in [0.05, 0.1) is 5.72 Å². The molecule has 0 saturated heterocycles. The fourth-order valence-corrected chi connectivity index (χ4v) is 11.8. The summed E-state index contributed by atoms with van der Waals surface area (Å²) in [4.78, 5) is 5.05. The lowest BCUT2D eigenvalue weighted by molar-refractivity contribution is 0.647. The van der Waals surface area contributed by atoms with E-state index in [4.69, 9.17) is 4.98 Å². The fourth-order valence-electron chi connectivity index (χ4n) is 7.20. The van der Waals surface area contributed by atoms with E-state index in [1.165, 1.54) is 37.8 Å². The van der Waals surface area contributed by atoms with Gasteiger partial charge in [0.15, 0.2) is 8.07 Å². The highest BCUT2D eigenvalue weighted by atomic mass is 28.3. The van der Waals surface area contributed by atoms with Crippen molar-refractivity contribution < 1.29 is 0 Å². The molecule has 0 unspecified atom stereocenters. The zero-order chi connectivity index (χ0) is 32.6. The summed E-state index contributed by atoms with van der Waals surface area (Å²) in [5.41, 5.74) is 6.58. The molecule has 0 amide bonds. The maximum atomic E-state index is 5.05. The second kappa shape index (κ2) is 15.0. The van der Waals surface area contributed by atoms with E-state index in [0.717, 1.165) is 32.0 Å². The van der Waals surface area contributed by atoms with Gasteiger partial charge in [0, 0.05) is 18.6 Å². The molecule has 47 heavy (non-hydrogen) atoms. The Morgan fingerprint density at radius 1 is 0.553 bits per heavy atom. The second-order valence-electron chi connectivity index (χ2n) is 13.9. The zero-order valence-corrected chi connectivity index (χ0v) is 29.4. The SMILES string of the molecule is CC(C)Cc1ccc([Si](Cn2ccnc2BC(c2ccccc2)c2ccccc2)(c2ccccc2)c2ccc(CC(C)C)cc2)cc1. The third kappa shape index (κ3) is 7.60. The van der Waals surface area contributed by atoms with Crippen LogP contribution in [-0.4, -0.2) is 24.9 Å². The Hall–Kier alpha value is -4.41. The Morgan fingerprint density at radius 3 is 1.43 bits per heavy atom. The van der Waals surface area contributed by atoms with Gasteiger partial charge < -0.3 is 4.57 Å². The van der Waals surface area contributed by atoms with Crippen LogP contribution in [0.1, 0.15) is 55.8 Å².